The quantitative estimate of drug-likeness (QED) is 0.703. The molecule has 0 atom stereocenters. The third-order valence-electron chi connectivity index (χ3n) is 4.70. The molecule has 6 heteroatoms. The van der Waals surface area contributed by atoms with Gasteiger partial charge in [0.1, 0.15) is 13.1 Å². The van der Waals surface area contributed by atoms with Gasteiger partial charge in [-0.3, -0.25) is 4.98 Å². The Morgan fingerprint density at radius 1 is 1.08 bits per heavy atom. The Morgan fingerprint density at radius 2 is 1.92 bits per heavy atom. The zero-order valence-electron chi connectivity index (χ0n) is 14.3. The van der Waals surface area contributed by atoms with E-state index in [1.807, 2.05) is 30.5 Å². The van der Waals surface area contributed by atoms with Crippen LogP contribution in [-0.4, -0.2) is 47.4 Å². The van der Waals surface area contributed by atoms with Gasteiger partial charge in [0, 0.05) is 6.20 Å². The standard InChI is InChI=1S/C19H23N5O/c1-2-7-18-17(6-1)22-19(21-15-16-5-3-4-8-20-16)24(18)10-9-23-11-13-25-14-12-23/h1-8H,9-15H2,(H,21,22)/p+1. The molecule has 0 bridgehead atoms. The average Bonchev–Trinajstić information content (AvgIpc) is 3.04. The maximum absolute atomic E-state index is 5.46. The number of anilines is 1. The molecule has 130 valence electrons. The zero-order chi connectivity index (χ0) is 16.9. The van der Waals surface area contributed by atoms with Crippen molar-refractivity contribution >= 4 is 17.0 Å². The van der Waals surface area contributed by atoms with Gasteiger partial charge in [-0.1, -0.05) is 18.2 Å². The lowest BCUT2D eigenvalue weighted by Gasteiger charge is -2.24. The first kappa shape index (κ1) is 16.1. The number of aromatic nitrogens is 3. The molecule has 0 unspecified atom stereocenters. The van der Waals surface area contributed by atoms with Crippen molar-refractivity contribution in [1.82, 2.24) is 14.5 Å². The van der Waals surface area contributed by atoms with Crippen LogP contribution in [0.2, 0.25) is 0 Å². The van der Waals surface area contributed by atoms with Gasteiger partial charge in [0.05, 0.1) is 49.6 Å². The third-order valence-corrected chi connectivity index (χ3v) is 4.70. The number of nitrogens with zero attached hydrogens (tertiary/aromatic N) is 3. The Labute approximate surface area is 147 Å². The van der Waals surface area contributed by atoms with Gasteiger partial charge in [0.25, 0.3) is 0 Å². The summed E-state index contributed by atoms with van der Waals surface area (Å²) in [6, 6.07) is 14.3. The van der Waals surface area contributed by atoms with Crippen molar-refractivity contribution in [1.29, 1.82) is 0 Å². The number of hydrogen-bond acceptors (Lipinski definition) is 4. The van der Waals surface area contributed by atoms with E-state index < -0.39 is 0 Å². The monoisotopic (exact) mass is 338 g/mol. The van der Waals surface area contributed by atoms with E-state index >= 15 is 0 Å². The Kier molecular flexibility index (Phi) is 4.90. The van der Waals surface area contributed by atoms with E-state index in [2.05, 4.69) is 33.1 Å². The number of fused-ring (bicyclic) bond motifs is 1. The summed E-state index contributed by atoms with van der Waals surface area (Å²) in [6.07, 6.45) is 1.82. The van der Waals surface area contributed by atoms with Gasteiger partial charge >= 0.3 is 0 Å². The van der Waals surface area contributed by atoms with E-state index in [9.17, 15) is 0 Å². The SMILES string of the molecule is c1ccc(CNc2nc3ccccc3n2CC[NH+]2CCOCC2)nc1. The van der Waals surface area contributed by atoms with Crippen LogP contribution in [0.25, 0.3) is 11.0 Å². The molecule has 0 spiro atoms. The second-order valence-electron chi connectivity index (χ2n) is 6.36. The molecule has 1 saturated heterocycles. The van der Waals surface area contributed by atoms with Crippen molar-refractivity contribution in [2.75, 3.05) is 38.2 Å². The lowest BCUT2D eigenvalue weighted by molar-refractivity contribution is -0.908. The fraction of sp³-hybridized carbons (Fsp3) is 0.368. The molecule has 0 aliphatic carbocycles. The van der Waals surface area contributed by atoms with Crippen molar-refractivity contribution in [2.24, 2.45) is 0 Å². The molecule has 0 amide bonds. The fourth-order valence-corrected chi connectivity index (χ4v) is 3.29. The number of hydrogen-bond donors (Lipinski definition) is 2. The molecule has 0 saturated carbocycles. The van der Waals surface area contributed by atoms with Crippen molar-refractivity contribution in [3.8, 4) is 0 Å². The number of para-hydroxylation sites is 2. The summed E-state index contributed by atoms with van der Waals surface area (Å²) in [7, 11) is 0. The maximum Gasteiger partial charge on any atom is 0.204 e. The van der Waals surface area contributed by atoms with Gasteiger partial charge < -0.3 is 19.5 Å². The summed E-state index contributed by atoms with van der Waals surface area (Å²) in [6.45, 7) is 6.61. The first-order valence-corrected chi connectivity index (χ1v) is 8.90. The second-order valence-corrected chi connectivity index (χ2v) is 6.36. The molecule has 4 rings (SSSR count). The van der Waals surface area contributed by atoms with Gasteiger partial charge in [0.15, 0.2) is 0 Å². The third kappa shape index (κ3) is 3.81. The van der Waals surface area contributed by atoms with Crippen LogP contribution in [0.3, 0.4) is 0 Å². The summed E-state index contributed by atoms with van der Waals surface area (Å²) in [5, 5.41) is 3.46. The van der Waals surface area contributed by atoms with E-state index in [0.717, 1.165) is 56.6 Å². The summed E-state index contributed by atoms with van der Waals surface area (Å²) in [4.78, 5) is 10.8. The van der Waals surface area contributed by atoms with Gasteiger partial charge in [-0.05, 0) is 24.3 Å². The molecule has 1 aliphatic rings. The summed E-state index contributed by atoms with van der Waals surface area (Å²) >= 11 is 0. The molecule has 0 radical (unpaired) electrons. The Morgan fingerprint density at radius 3 is 2.76 bits per heavy atom. The average molecular weight is 338 g/mol. The summed E-state index contributed by atoms with van der Waals surface area (Å²) in [5.74, 6) is 0.916. The van der Waals surface area contributed by atoms with Gasteiger partial charge in [0.2, 0.25) is 5.95 Å². The first-order valence-electron chi connectivity index (χ1n) is 8.90. The number of pyridine rings is 1. The summed E-state index contributed by atoms with van der Waals surface area (Å²) in [5.41, 5.74) is 3.22. The van der Waals surface area contributed by atoms with E-state index in [1.54, 1.807) is 4.90 Å². The maximum atomic E-state index is 5.46. The van der Waals surface area contributed by atoms with Gasteiger partial charge in [-0.2, -0.15) is 0 Å². The number of nitrogens with one attached hydrogen (secondary N) is 2. The first-order chi connectivity index (χ1) is 12.4. The number of benzene rings is 1. The molecule has 2 N–H and O–H groups in total. The second kappa shape index (κ2) is 7.63. The van der Waals surface area contributed by atoms with Crippen molar-refractivity contribution in [2.45, 2.75) is 13.1 Å². The minimum absolute atomic E-state index is 0.675. The minimum Gasteiger partial charge on any atom is -0.370 e. The van der Waals surface area contributed by atoms with E-state index in [1.165, 1.54) is 5.52 Å². The van der Waals surface area contributed by atoms with Crippen LogP contribution in [0.15, 0.2) is 48.7 Å². The van der Waals surface area contributed by atoms with Crippen LogP contribution in [0.4, 0.5) is 5.95 Å². The highest BCUT2D eigenvalue weighted by molar-refractivity contribution is 5.78. The number of morpholine rings is 1. The zero-order valence-corrected chi connectivity index (χ0v) is 14.3. The normalized spacial score (nSPS) is 15.5. The van der Waals surface area contributed by atoms with Gasteiger partial charge in [-0.25, -0.2) is 4.98 Å². The smallest absolute Gasteiger partial charge is 0.204 e. The Hall–Kier alpha value is -2.44. The van der Waals surface area contributed by atoms with Crippen molar-refractivity contribution in [3.63, 3.8) is 0 Å². The lowest BCUT2D eigenvalue weighted by atomic mass is 10.3. The van der Waals surface area contributed by atoms with E-state index in [-0.39, 0.29) is 0 Å². The molecular formula is C19H24N5O+. The number of rotatable bonds is 6. The van der Waals surface area contributed by atoms with Crippen LogP contribution < -0.4 is 10.2 Å². The van der Waals surface area contributed by atoms with Crippen molar-refractivity contribution < 1.29 is 9.64 Å². The molecule has 1 aromatic carbocycles. The number of imidazole rings is 1. The van der Waals surface area contributed by atoms with Crippen LogP contribution in [-0.2, 0) is 17.8 Å². The molecule has 2 aromatic heterocycles. The Balaban J connectivity index is 1.52. The predicted molar refractivity (Wildman–Crippen MR) is 97.7 cm³/mol. The van der Waals surface area contributed by atoms with Crippen molar-refractivity contribution in [3.05, 3.63) is 54.4 Å². The van der Waals surface area contributed by atoms with Crippen LogP contribution in [0, 0.1) is 0 Å². The molecule has 3 heterocycles. The highest BCUT2D eigenvalue weighted by Crippen LogP contribution is 2.19. The highest BCUT2D eigenvalue weighted by Gasteiger charge is 2.16. The molecule has 1 aliphatic heterocycles. The van der Waals surface area contributed by atoms with Crippen LogP contribution in [0.5, 0.6) is 0 Å². The number of ether oxygens (including phenoxy) is 1. The van der Waals surface area contributed by atoms with Crippen LogP contribution >= 0.6 is 0 Å². The van der Waals surface area contributed by atoms with Gasteiger partial charge in [-0.15, -0.1) is 0 Å². The molecular weight excluding hydrogens is 314 g/mol. The minimum atomic E-state index is 0.675. The largest absolute Gasteiger partial charge is 0.370 e. The number of quaternary nitrogens is 1. The predicted octanol–water partition coefficient (Wildman–Crippen LogP) is 0.958. The highest BCUT2D eigenvalue weighted by atomic mass is 16.5. The molecule has 1 fully saturated rings. The molecule has 6 nitrogen and oxygen atoms in total. The topological polar surface area (TPSA) is 56.4 Å². The molecule has 25 heavy (non-hydrogen) atoms. The summed E-state index contributed by atoms with van der Waals surface area (Å²) < 4.78 is 7.75. The van der Waals surface area contributed by atoms with E-state index in [4.69, 9.17) is 9.72 Å². The molecule has 3 aromatic rings. The fourth-order valence-electron chi connectivity index (χ4n) is 3.29. The lowest BCUT2D eigenvalue weighted by Crippen LogP contribution is -3.14. The Bertz CT molecular complexity index is 811. The van der Waals surface area contributed by atoms with Crippen LogP contribution in [0.1, 0.15) is 5.69 Å². The van der Waals surface area contributed by atoms with E-state index in [0.29, 0.717) is 6.54 Å².